The summed E-state index contributed by atoms with van der Waals surface area (Å²) in [6, 6.07) is 4.14. The van der Waals surface area contributed by atoms with Gasteiger partial charge in [-0.2, -0.15) is 0 Å². The quantitative estimate of drug-likeness (QED) is 0.804. The lowest BCUT2D eigenvalue weighted by molar-refractivity contribution is -0.117. The van der Waals surface area contributed by atoms with Crippen molar-refractivity contribution >= 4 is 11.6 Å². The number of nitrogens with one attached hydrogen (secondary N) is 1. The van der Waals surface area contributed by atoms with Crippen molar-refractivity contribution in [3.05, 3.63) is 23.9 Å². The summed E-state index contributed by atoms with van der Waals surface area (Å²) in [4.78, 5) is 15.7. The van der Waals surface area contributed by atoms with Gasteiger partial charge in [0.1, 0.15) is 5.82 Å². The van der Waals surface area contributed by atoms with Crippen LogP contribution in [0.3, 0.4) is 0 Å². The van der Waals surface area contributed by atoms with Crippen molar-refractivity contribution in [2.24, 2.45) is 0 Å². The molecule has 2 rings (SSSR count). The SMILES string of the molecule is Nc1cc(CC(=O)CNC2CCCC2)ccn1. The van der Waals surface area contributed by atoms with E-state index in [4.69, 9.17) is 5.73 Å². The summed E-state index contributed by atoms with van der Waals surface area (Å²) in [5.41, 5.74) is 6.51. The zero-order valence-corrected chi connectivity index (χ0v) is 9.98. The molecule has 3 N–H and O–H groups in total. The van der Waals surface area contributed by atoms with Crippen LogP contribution < -0.4 is 11.1 Å². The molecule has 0 aromatic carbocycles. The van der Waals surface area contributed by atoms with Gasteiger partial charge in [-0.15, -0.1) is 0 Å². The predicted molar refractivity (Wildman–Crippen MR) is 67.6 cm³/mol. The topological polar surface area (TPSA) is 68.0 Å². The van der Waals surface area contributed by atoms with Crippen molar-refractivity contribution in [2.75, 3.05) is 12.3 Å². The van der Waals surface area contributed by atoms with E-state index in [-0.39, 0.29) is 5.78 Å². The smallest absolute Gasteiger partial charge is 0.150 e. The molecule has 1 aromatic rings. The minimum atomic E-state index is 0.211. The minimum absolute atomic E-state index is 0.211. The summed E-state index contributed by atoms with van der Waals surface area (Å²) in [5, 5.41) is 3.32. The molecule has 1 fully saturated rings. The molecule has 0 aliphatic heterocycles. The van der Waals surface area contributed by atoms with E-state index in [1.165, 1.54) is 25.7 Å². The fourth-order valence-electron chi connectivity index (χ4n) is 2.28. The van der Waals surface area contributed by atoms with E-state index in [0.29, 0.717) is 24.8 Å². The second-order valence-electron chi connectivity index (χ2n) is 4.67. The number of aromatic nitrogens is 1. The van der Waals surface area contributed by atoms with Crippen molar-refractivity contribution in [3.63, 3.8) is 0 Å². The maximum atomic E-state index is 11.8. The highest BCUT2D eigenvalue weighted by molar-refractivity contribution is 5.82. The molecule has 1 aromatic heterocycles. The number of hydrogen-bond donors (Lipinski definition) is 2. The van der Waals surface area contributed by atoms with E-state index in [2.05, 4.69) is 10.3 Å². The van der Waals surface area contributed by atoms with Gasteiger partial charge < -0.3 is 11.1 Å². The lowest BCUT2D eigenvalue weighted by atomic mass is 10.1. The first kappa shape index (κ1) is 12.0. The molecule has 17 heavy (non-hydrogen) atoms. The molecule has 0 bridgehead atoms. The third-order valence-electron chi connectivity index (χ3n) is 3.19. The molecule has 0 spiro atoms. The van der Waals surface area contributed by atoms with Crippen molar-refractivity contribution in [2.45, 2.75) is 38.1 Å². The number of carbonyl (C=O) groups excluding carboxylic acids is 1. The average molecular weight is 233 g/mol. The normalized spacial score (nSPS) is 16.2. The highest BCUT2D eigenvalue weighted by Gasteiger charge is 2.15. The molecule has 0 amide bonds. The van der Waals surface area contributed by atoms with E-state index >= 15 is 0 Å². The van der Waals surface area contributed by atoms with Crippen LogP contribution in [0.2, 0.25) is 0 Å². The largest absolute Gasteiger partial charge is 0.384 e. The number of nitrogens with two attached hydrogens (primary N) is 1. The Morgan fingerprint density at radius 1 is 1.47 bits per heavy atom. The number of carbonyl (C=O) groups is 1. The number of pyridine rings is 1. The molecule has 1 heterocycles. The monoisotopic (exact) mass is 233 g/mol. The molecule has 0 saturated heterocycles. The zero-order valence-electron chi connectivity index (χ0n) is 9.98. The summed E-state index contributed by atoms with van der Waals surface area (Å²) in [5.74, 6) is 0.682. The minimum Gasteiger partial charge on any atom is -0.384 e. The van der Waals surface area contributed by atoms with Crippen LogP contribution in [0.4, 0.5) is 5.82 Å². The van der Waals surface area contributed by atoms with Crippen molar-refractivity contribution in [1.82, 2.24) is 10.3 Å². The van der Waals surface area contributed by atoms with Crippen LogP contribution >= 0.6 is 0 Å². The third kappa shape index (κ3) is 3.82. The highest BCUT2D eigenvalue weighted by atomic mass is 16.1. The Morgan fingerprint density at radius 3 is 2.94 bits per heavy atom. The van der Waals surface area contributed by atoms with Crippen LogP contribution in [0.15, 0.2) is 18.3 Å². The number of ketones is 1. The maximum Gasteiger partial charge on any atom is 0.150 e. The summed E-state index contributed by atoms with van der Waals surface area (Å²) >= 11 is 0. The predicted octanol–water partition coefficient (Wildman–Crippen LogP) is 1.31. The fourth-order valence-corrected chi connectivity index (χ4v) is 2.28. The summed E-state index contributed by atoms with van der Waals surface area (Å²) < 4.78 is 0. The highest BCUT2D eigenvalue weighted by Crippen LogP contribution is 2.17. The van der Waals surface area contributed by atoms with Gasteiger partial charge in [0, 0.05) is 18.7 Å². The van der Waals surface area contributed by atoms with Gasteiger partial charge in [-0.05, 0) is 30.5 Å². The number of nitrogen functional groups attached to an aromatic ring is 1. The molecule has 0 atom stereocenters. The molecule has 4 nitrogen and oxygen atoms in total. The van der Waals surface area contributed by atoms with Crippen LogP contribution in [0.5, 0.6) is 0 Å². The van der Waals surface area contributed by atoms with Crippen molar-refractivity contribution in [3.8, 4) is 0 Å². The Bertz CT molecular complexity index is 386. The number of nitrogens with zero attached hydrogens (tertiary/aromatic N) is 1. The van der Waals surface area contributed by atoms with Crippen LogP contribution in [0, 0.1) is 0 Å². The second kappa shape index (κ2) is 5.77. The van der Waals surface area contributed by atoms with E-state index in [0.717, 1.165) is 5.56 Å². The molecular weight excluding hydrogens is 214 g/mol. The van der Waals surface area contributed by atoms with Gasteiger partial charge in [0.05, 0.1) is 6.54 Å². The van der Waals surface area contributed by atoms with Gasteiger partial charge in [0.15, 0.2) is 5.78 Å². The van der Waals surface area contributed by atoms with Crippen molar-refractivity contribution < 1.29 is 4.79 Å². The number of Topliss-reactive ketones (excluding diaryl/α,β-unsaturated/α-hetero) is 1. The summed E-state index contributed by atoms with van der Waals surface area (Å²) in [6.07, 6.45) is 7.05. The molecule has 0 radical (unpaired) electrons. The first-order valence-corrected chi connectivity index (χ1v) is 6.19. The van der Waals surface area contributed by atoms with Crippen LogP contribution in [0.25, 0.3) is 0 Å². The number of hydrogen-bond acceptors (Lipinski definition) is 4. The first-order chi connectivity index (χ1) is 8.24. The Labute approximate surface area is 102 Å². The van der Waals surface area contributed by atoms with Crippen LogP contribution in [0.1, 0.15) is 31.2 Å². The summed E-state index contributed by atoms with van der Waals surface area (Å²) in [6.45, 7) is 0.465. The van der Waals surface area contributed by atoms with E-state index in [1.807, 2.05) is 6.07 Å². The Hall–Kier alpha value is -1.42. The molecule has 1 saturated carbocycles. The number of rotatable bonds is 5. The van der Waals surface area contributed by atoms with Crippen LogP contribution in [-0.4, -0.2) is 23.4 Å². The Morgan fingerprint density at radius 2 is 2.24 bits per heavy atom. The van der Waals surface area contributed by atoms with Gasteiger partial charge in [-0.3, -0.25) is 4.79 Å². The fraction of sp³-hybridized carbons (Fsp3) is 0.538. The Balaban J connectivity index is 1.76. The maximum absolute atomic E-state index is 11.8. The van der Waals surface area contributed by atoms with Gasteiger partial charge in [-0.25, -0.2) is 4.98 Å². The third-order valence-corrected chi connectivity index (χ3v) is 3.19. The van der Waals surface area contributed by atoms with E-state index < -0.39 is 0 Å². The molecule has 1 aliphatic rings. The molecular formula is C13H19N3O. The van der Waals surface area contributed by atoms with Gasteiger partial charge in [0.25, 0.3) is 0 Å². The van der Waals surface area contributed by atoms with Crippen molar-refractivity contribution in [1.29, 1.82) is 0 Å². The average Bonchev–Trinajstić information content (AvgIpc) is 2.79. The molecule has 4 heteroatoms. The van der Waals surface area contributed by atoms with Crippen LogP contribution in [-0.2, 0) is 11.2 Å². The van der Waals surface area contributed by atoms with Gasteiger partial charge in [-0.1, -0.05) is 12.8 Å². The Kier molecular flexibility index (Phi) is 4.09. The molecule has 1 aliphatic carbocycles. The molecule has 0 unspecified atom stereocenters. The second-order valence-corrected chi connectivity index (χ2v) is 4.67. The standard InChI is InChI=1S/C13H19N3O/c14-13-8-10(5-6-15-13)7-12(17)9-16-11-3-1-2-4-11/h5-6,8,11,16H,1-4,7,9H2,(H2,14,15). The van der Waals surface area contributed by atoms with E-state index in [1.54, 1.807) is 12.3 Å². The first-order valence-electron chi connectivity index (χ1n) is 6.19. The molecule has 92 valence electrons. The number of anilines is 1. The summed E-state index contributed by atoms with van der Waals surface area (Å²) in [7, 11) is 0. The van der Waals surface area contributed by atoms with Gasteiger partial charge >= 0.3 is 0 Å². The van der Waals surface area contributed by atoms with Gasteiger partial charge in [0.2, 0.25) is 0 Å². The van der Waals surface area contributed by atoms with E-state index in [9.17, 15) is 4.79 Å². The lowest BCUT2D eigenvalue weighted by Gasteiger charge is -2.10. The lowest BCUT2D eigenvalue weighted by Crippen LogP contribution is -2.32. The zero-order chi connectivity index (χ0) is 12.1.